The smallest absolute Gasteiger partial charge is 0.262 e. The number of carbonyl (C=O) groups excluding carboxylic acids is 1. The highest BCUT2D eigenvalue weighted by Gasteiger charge is 2.49. The third-order valence-electron chi connectivity index (χ3n) is 4.32. The molecule has 0 bridgehead atoms. The minimum absolute atomic E-state index is 0.00453. The van der Waals surface area contributed by atoms with Gasteiger partial charge < -0.3 is 14.4 Å². The molecule has 8 nitrogen and oxygen atoms in total. The third kappa shape index (κ3) is 3.12. The summed E-state index contributed by atoms with van der Waals surface area (Å²) in [5.74, 6) is 0.715. The minimum atomic E-state index is -3.14. The number of hydrogen-bond donors (Lipinski definition) is 0. The number of aliphatic imine (C=N–C) groups is 1. The number of thioether (sulfide) groups is 1. The normalized spacial score (nSPS) is 27.2. The minimum Gasteiger partial charge on any atom is -0.486 e. The highest BCUT2D eigenvalue weighted by atomic mass is 32.2. The summed E-state index contributed by atoms with van der Waals surface area (Å²) in [6.45, 7) is 0.914. The van der Waals surface area contributed by atoms with Gasteiger partial charge in [-0.25, -0.2) is 8.42 Å². The van der Waals surface area contributed by atoms with Crippen LogP contribution < -0.4 is 14.4 Å². The van der Waals surface area contributed by atoms with Gasteiger partial charge in [-0.2, -0.15) is 10.3 Å². The molecule has 4 rings (SSSR count). The van der Waals surface area contributed by atoms with Crippen molar-refractivity contribution in [2.75, 3.05) is 29.6 Å². The van der Waals surface area contributed by atoms with E-state index >= 15 is 0 Å². The Morgan fingerprint density at radius 2 is 2.08 bits per heavy atom. The fraction of sp³-hybridized carbons (Fsp3) is 0.438. The molecule has 0 unspecified atom stereocenters. The van der Waals surface area contributed by atoms with E-state index in [0.29, 0.717) is 35.6 Å². The summed E-state index contributed by atoms with van der Waals surface area (Å²) in [7, 11) is -3.14. The van der Waals surface area contributed by atoms with Crippen molar-refractivity contribution in [2.45, 2.75) is 17.7 Å². The van der Waals surface area contributed by atoms with E-state index in [0.717, 1.165) is 0 Å². The third-order valence-corrected chi connectivity index (χ3v) is 7.53. The van der Waals surface area contributed by atoms with E-state index in [1.165, 1.54) is 11.8 Å². The van der Waals surface area contributed by atoms with Crippen LogP contribution in [0.25, 0.3) is 0 Å². The largest absolute Gasteiger partial charge is 0.486 e. The number of carbonyl (C=O) groups is 1. The second kappa shape index (κ2) is 6.48. The molecular weight excluding hydrogens is 378 g/mol. The lowest BCUT2D eigenvalue weighted by molar-refractivity contribution is -0.116. The van der Waals surface area contributed by atoms with Crippen molar-refractivity contribution in [1.29, 1.82) is 5.26 Å². The molecule has 3 aliphatic rings. The maximum atomic E-state index is 12.1. The fourth-order valence-electron chi connectivity index (χ4n) is 3.26. The van der Waals surface area contributed by atoms with Crippen molar-refractivity contribution in [1.82, 2.24) is 0 Å². The van der Waals surface area contributed by atoms with E-state index in [-0.39, 0.29) is 29.2 Å². The predicted molar refractivity (Wildman–Crippen MR) is 96.4 cm³/mol. The molecule has 1 amide bonds. The van der Waals surface area contributed by atoms with Crippen LogP contribution >= 0.6 is 11.8 Å². The molecule has 2 saturated heterocycles. The van der Waals surface area contributed by atoms with E-state index in [1.807, 2.05) is 0 Å². The van der Waals surface area contributed by atoms with Gasteiger partial charge in [0.25, 0.3) is 5.91 Å². The first-order chi connectivity index (χ1) is 12.5. The quantitative estimate of drug-likeness (QED) is 0.731. The molecule has 0 radical (unpaired) electrons. The first-order valence-electron chi connectivity index (χ1n) is 8.01. The lowest BCUT2D eigenvalue weighted by Crippen LogP contribution is -2.37. The molecule has 1 aromatic rings. The van der Waals surface area contributed by atoms with Crippen LogP contribution in [0.3, 0.4) is 0 Å². The van der Waals surface area contributed by atoms with Gasteiger partial charge in [-0.05, 0) is 12.1 Å². The molecule has 1 aromatic carbocycles. The molecule has 0 saturated carbocycles. The van der Waals surface area contributed by atoms with Crippen molar-refractivity contribution in [3.05, 3.63) is 18.2 Å². The van der Waals surface area contributed by atoms with Crippen molar-refractivity contribution >= 4 is 38.4 Å². The number of amidine groups is 1. The Balaban J connectivity index is 1.73. The first kappa shape index (κ1) is 17.2. The van der Waals surface area contributed by atoms with Crippen LogP contribution in [0.2, 0.25) is 0 Å². The molecule has 0 aliphatic carbocycles. The van der Waals surface area contributed by atoms with Gasteiger partial charge in [-0.15, -0.1) is 0 Å². The van der Waals surface area contributed by atoms with Crippen molar-refractivity contribution < 1.29 is 22.7 Å². The standard InChI is InChI=1S/C16H15N3O5S2/c17-4-3-15(20)18-16-19(11-8-26(21,22)9-14(11)25-16)10-1-2-12-13(7-10)24-6-5-23-12/h1-2,7,11,14H,3,5-6,8-9H2/t11-,14+/m1/s1. The number of fused-ring (bicyclic) bond motifs is 2. The SMILES string of the molecule is N#CCC(=O)N=C1S[C@H]2CS(=O)(=O)C[C@H]2N1c1ccc2c(c1)OCCO2. The average molecular weight is 393 g/mol. The number of hydrogen-bond acceptors (Lipinski definition) is 7. The number of anilines is 1. The van der Waals surface area contributed by atoms with Gasteiger partial charge in [-0.3, -0.25) is 4.79 Å². The summed E-state index contributed by atoms with van der Waals surface area (Å²) in [5.41, 5.74) is 0.690. The van der Waals surface area contributed by atoms with Gasteiger partial charge in [0.05, 0.1) is 23.6 Å². The zero-order valence-corrected chi connectivity index (χ0v) is 15.3. The number of nitriles is 1. The van der Waals surface area contributed by atoms with Gasteiger partial charge >= 0.3 is 0 Å². The monoisotopic (exact) mass is 393 g/mol. The molecule has 3 aliphatic heterocycles. The second-order valence-electron chi connectivity index (χ2n) is 6.12. The van der Waals surface area contributed by atoms with Crippen LogP contribution in [0.4, 0.5) is 5.69 Å². The van der Waals surface area contributed by atoms with Crippen molar-refractivity contribution in [2.24, 2.45) is 4.99 Å². The summed E-state index contributed by atoms with van der Waals surface area (Å²) in [6, 6.07) is 6.81. The van der Waals surface area contributed by atoms with Crippen LogP contribution in [-0.2, 0) is 14.6 Å². The van der Waals surface area contributed by atoms with Gasteiger partial charge in [0.15, 0.2) is 26.5 Å². The molecule has 10 heteroatoms. The van der Waals surface area contributed by atoms with E-state index in [9.17, 15) is 13.2 Å². The molecule has 0 aromatic heterocycles. The van der Waals surface area contributed by atoms with Crippen LogP contribution in [0, 0.1) is 11.3 Å². The average Bonchev–Trinajstić information content (AvgIpc) is 3.05. The number of sulfone groups is 1. The van der Waals surface area contributed by atoms with Crippen LogP contribution in [-0.4, -0.2) is 55.5 Å². The van der Waals surface area contributed by atoms with Gasteiger partial charge in [0.1, 0.15) is 19.6 Å². The van der Waals surface area contributed by atoms with E-state index in [4.69, 9.17) is 14.7 Å². The van der Waals surface area contributed by atoms with E-state index in [1.54, 1.807) is 29.2 Å². The summed E-state index contributed by atoms with van der Waals surface area (Å²) in [6.07, 6.45) is -0.313. The Morgan fingerprint density at radius 1 is 1.31 bits per heavy atom. The Labute approximate surface area is 154 Å². The zero-order valence-electron chi connectivity index (χ0n) is 13.6. The summed E-state index contributed by atoms with van der Waals surface area (Å²) >= 11 is 1.27. The summed E-state index contributed by atoms with van der Waals surface area (Å²) < 4.78 is 35.2. The molecule has 2 atom stereocenters. The molecule has 0 spiro atoms. The Bertz CT molecular complexity index is 938. The van der Waals surface area contributed by atoms with Crippen LogP contribution in [0.15, 0.2) is 23.2 Å². The maximum Gasteiger partial charge on any atom is 0.262 e. The number of ether oxygens (including phenoxy) is 2. The first-order valence-corrected chi connectivity index (χ1v) is 10.7. The number of amides is 1. The molecule has 0 N–H and O–H groups in total. The van der Waals surface area contributed by atoms with Gasteiger partial charge in [0.2, 0.25) is 0 Å². The van der Waals surface area contributed by atoms with E-state index in [2.05, 4.69) is 4.99 Å². The topological polar surface area (TPSA) is 109 Å². The molecule has 26 heavy (non-hydrogen) atoms. The van der Waals surface area contributed by atoms with Gasteiger partial charge in [-0.1, -0.05) is 11.8 Å². The highest BCUT2D eigenvalue weighted by molar-refractivity contribution is 8.16. The zero-order chi connectivity index (χ0) is 18.3. The highest BCUT2D eigenvalue weighted by Crippen LogP contribution is 2.43. The lowest BCUT2D eigenvalue weighted by atomic mass is 10.2. The Kier molecular flexibility index (Phi) is 4.28. The fourth-order valence-corrected chi connectivity index (χ4v) is 7.19. The number of benzene rings is 1. The Hall–Kier alpha value is -2.25. The molecular formula is C16H15N3O5S2. The molecule has 3 heterocycles. The van der Waals surface area contributed by atoms with Gasteiger partial charge in [0, 0.05) is 17.0 Å². The Morgan fingerprint density at radius 3 is 2.85 bits per heavy atom. The molecule has 136 valence electrons. The van der Waals surface area contributed by atoms with Crippen molar-refractivity contribution in [3.63, 3.8) is 0 Å². The summed E-state index contributed by atoms with van der Waals surface area (Å²) in [4.78, 5) is 17.7. The number of rotatable bonds is 2. The predicted octanol–water partition coefficient (Wildman–Crippen LogP) is 0.973. The van der Waals surface area contributed by atoms with E-state index < -0.39 is 15.7 Å². The van der Waals surface area contributed by atoms with Crippen LogP contribution in [0.5, 0.6) is 11.5 Å². The summed E-state index contributed by atoms with van der Waals surface area (Å²) in [5, 5.41) is 8.92. The second-order valence-corrected chi connectivity index (χ2v) is 9.48. The number of nitrogens with zero attached hydrogens (tertiary/aromatic N) is 3. The maximum absolute atomic E-state index is 12.1. The molecule has 2 fully saturated rings. The lowest BCUT2D eigenvalue weighted by Gasteiger charge is -2.26. The van der Waals surface area contributed by atoms with Crippen LogP contribution in [0.1, 0.15) is 6.42 Å². The van der Waals surface area contributed by atoms with Crippen molar-refractivity contribution in [3.8, 4) is 17.6 Å².